The number of hydrogen-bond donors (Lipinski definition) is 2. The van der Waals surface area contributed by atoms with Crippen LogP contribution in [0.15, 0.2) is 59.5 Å². The molecule has 0 saturated carbocycles. The van der Waals surface area contributed by atoms with Crippen LogP contribution < -0.4 is 15.5 Å². The number of nitrogens with one attached hydrogen (secondary N) is 1. The van der Waals surface area contributed by atoms with Crippen LogP contribution in [-0.4, -0.2) is 22.1 Å². The highest BCUT2D eigenvalue weighted by Gasteiger charge is 2.21. The van der Waals surface area contributed by atoms with Gasteiger partial charge in [-0.15, -0.1) is 0 Å². The lowest BCUT2D eigenvalue weighted by atomic mass is 9.97. The van der Waals surface area contributed by atoms with E-state index in [1.54, 1.807) is 81.8 Å². The molecular weight excluding hydrogens is 471 g/mol. The van der Waals surface area contributed by atoms with E-state index in [1.165, 1.54) is 12.1 Å². The van der Waals surface area contributed by atoms with E-state index in [1.807, 2.05) is 6.92 Å². The van der Waals surface area contributed by atoms with Gasteiger partial charge in [-0.3, -0.25) is 9.59 Å². The zero-order valence-corrected chi connectivity index (χ0v) is 21.9. The molecule has 1 aromatic heterocycles. The molecule has 0 aliphatic heterocycles. The zero-order valence-electron chi connectivity index (χ0n) is 21.9. The van der Waals surface area contributed by atoms with Crippen LogP contribution >= 0.6 is 0 Å². The van der Waals surface area contributed by atoms with E-state index in [2.05, 4.69) is 5.32 Å². The average molecular weight is 503 g/mol. The minimum atomic E-state index is -1.15. The third-order valence-corrected chi connectivity index (χ3v) is 6.34. The third-order valence-electron chi connectivity index (χ3n) is 6.34. The lowest BCUT2D eigenvalue weighted by molar-refractivity contribution is 0.0785. The Hall–Kier alpha value is -3.97. The van der Waals surface area contributed by atoms with E-state index in [4.69, 9.17) is 4.74 Å². The number of aryl methyl sites for hydroxylation is 3. The number of hydrogen-bond acceptors (Lipinski definition) is 4. The van der Waals surface area contributed by atoms with Crippen molar-refractivity contribution >= 4 is 16.8 Å². The summed E-state index contributed by atoms with van der Waals surface area (Å²) >= 11 is 0. The first kappa shape index (κ1) is 26.1. The predicted molar refractivity (Wildman–Crippen MR) is 143 cm³/mol. The molecule has 6 nitrogen and oxygen atoms in total. The molecule has 0 aliphatic carbocycles. The van der Waals surface area contributed by atoms with Crippen LogP contribution in [0.2, 0.25) is 0 Å². The summed E-state index contributed by atoms with van der Waals surface area (Å²) in [7, 11) is 0. The molecule has 4 aromatic rings. The lowest BCUT2D eigenvalue weighted by Crippen LogP contribution is -2.23. The molecule has 0 saturated heterocycles. The third kappa shape index (κ3) is 5.13. The number of fused-ring (bicyclic) bond motifs is 1. The van der Waals surface area contributed by atoms with Crippen LogP contribution in [0.5, 0.6) is 11.5 Å². The van der Waals surface area contributed by atoms with Crippen molar-refractivity contribution in [1.82, 2.24) is 9.88 Å². The van der Waals surface area contributed by atoms with Gasteiger partial charge < -0.3 is 19.7 Å². The summed E-state index contributed by atoms with van der Waals surface area (Å²) in [5.41, 5.74) is 2.61. The number of ether oxygens (including phenoxy) is 1. The molecule has 0 spiro atoms. The Morgan fingerprint density at radius 2 is 1.70 bits per heavy atom. The molecule has 37 heavy (non-hydrogen) atoms. The quantitative estimate of drug-likeness (QED) is 0.348. The first-order valence-electron chi connectivity index (χ1n) is 12.2. The SMILES string of the molecule is CCNC(=O)c1ccc2c(=O)c(C)cn(-c3cc(C(C)(C)O)ccc3Oc3c(C)cc(F)cc3C)c2c1. The molecule has 0 fully saturated rings. The summed E-state index contributed by atoms with van der Waals surface area (Å²) in [6, 6.07) is 13.1. The van der Waals surface area contributed by atoms with Gasteiger partial charge in [0.15, 0.2) is 11.2 Å². The lowest BCUT2D eigenvalue weighted by Gasteiger charge is -2.23. The summed E-state index contributed by atoms with van der Waals surface area (Å²) in [5, 5.41) is 14.0. The van der Waals surface area contributed by atoms with Gasteiger partial charge in [0.25, 0.3) is 5.91 Å². The fourth-order valence-electron chi connectivity index (χ4n) is 4.40. The summed E-state index contributed by atoms with van der Waals surface area (Å²) < 4.78 is 22.1. The van der Waals surface area contributed by atoms with Crippen molar-refractivity contribution in [2.75, 3.05) is 6.54 Å². The van der Waals surface area contributed by atoms with Gasteiger partial charge in [0.2, 0.25) is 0 Å². The van der Waals surface area contributed by atoms with Gasteiger partial charge in [-0.1, -0.05) is 6.07 Å². The molecule has 0 atom stereocenters. The second kappa shape index (κ2) is 9.82. The van der Waals surface area contributed by atoms with Crippen molar-refractivity contribution in [2.24, 2.45) is 0 Å². The number of aromatic nitrogens is 1. The second-order valence-corrected chi connectivity index (χ2v) is 9.81. The molecule has 0 radical (unpaired) electrons. The maximum Gasteiger partial charge on any atom is 0.251 e. The molecule has 1 amide bonds. The predicted octanol–water partition coefficient (Wildman–Crippen LogP) is 5.82. The van der Waals surface area contributed by atoms with E-state index < -0.39 is 5.60 Å². The maximum atomic E-state index is 13.9. The number of rotatable bonds is 6. The van der Waals surface area contributed by atoms with Crippen LogP contribution in [0, 0.1) is 26.6 Å². The van der Waals surface area contributed by atoms with Gasteiger partial charge >= 0.3 is 0 Å². The normalized spacial score (nSPS) is 11.6. The molecule has 4 rings (SSSR count). The van der Waals surface area contributed by atoms with E-state index in [-0.39, 0.29) is 17.2 Å². The van der Waals surface area contributed by atoms with Crippen molar-refractivity contribution in [2.45, 2.75) is 47.1 Å². The fourth-order valence-corrected chi connectivity index (χ4v) is 4.40. The molecule has 0 unspecified atom stereocenters. The van der Waals surface area contributed by atoms with Gasteiger partial charge in [0.05, 0.1) is 16.8 Å². The van der Waals surface area contributed by atoms with Gasteiger partial charge in [-0.05, 0) is 101 Å². The summed E-state index contributed by atoms with van der Waals surface area (Å²) in [4.78, 5) is 25.6. The smallest absolute Gasteiger partial charge is 0.251 e. The van der Waals surface area contributed by atoms with Crippen molar-refractivity contribution in [3.05, 3.63) is 98.6 Å². The number of pyridine rings is 1. The second-order valence-electron chi connectivity index (χ2n) is 9.81. The Bertz CT molecular complexity index is 1560. The molecule has 3 aromatic carbocycles. The number of halogens is 1. The Morgan fingerprint density at radius 3 is 2.32 bits per heavy atom. The van der Waals surface area contributed by atoms with Crippen LogP contribution in [-0.2, 0) is 5.60 Å². The topological polar surface area (TPSA) is 80.6 Å². The minimum Gasteiger partial charge on any atom is -0.455 e. The first-order chi connectivity index (χ1) is 17.4. The van der Waals surface area contributed by atoms with Gasteiger partial charge in [0, 0.05) is 29.3 Å². The van der Waals surface area contributed by atoms with Crippen LogP contribution in [0.3, 0.4) is 0 Å². The molecule has 1 heterocycles. The molecule has 7 heteroatoms. The molecule has 0 aliphatic rings. The van der Waals surface area contributed by atoms with E-state index >= 15 is 0 Å². The number of amides is 1. The average Bonchev–Trinajstić information content (AvgIpc) is 2.83. The van der Waals surface area contributed by atoms with Gasteiger partial charge in [0.1, 0.15) is 11.6 Å². The van der Waals surface area contributed by atoms with Crippen LogP contribution in [0.1, 0.15) is 53.4 Å². The monoisotopic (exact) mass is 502 g/mol. The number of aliphatic hydroxyl groups is 1. The Morgan fingerprint density at radius 1 is 1.03 bits per heavy atom. The molecule has 2 N–H and O–H groups in total. The van der Waals surface area contributed by atoms with Crippen LogP contribution in [0.25, 0.3) is 16.6 Å². The standard InChI is InChI=1S/C30H31FN2O4/c1-7-32-29(35)20-8-10-23-24(14-20)33(16-19(4)27(23)34)25-15-21(30(5,6)36)9-11-26(25)37-28-17(2)12-22(31)13-18(28)3/h8-16,36H,7H2,1-6H3,(H,32,35). The Labute approximate surface area is 215 Å². The van der Waals surface area contributed by atoms with E-state index in [0.717, 1.165) is 0 Å². The molecule has 0 bridgehead atoms. The van der Waals surface area contributed by atoms with E-state index in [0.29, 0.717) is 62.5 Å². The Balaban J connectivity index is 2.03. The van der Waals surface area contributed by atoms with Crippen LogP contribution in [0.4, 0.5) is 4.39 Å². The first-order valence-corrected chi connectivity index (χ1v) is 12.2. The van der Waals surface area contributed by atoms with Crippen molar-refractivity contribution in [1.29, 1.82) is 0 Å². The highest BCUT2D eigenvalue weighted by Crippen LogP contribution is 2.36. The number of carbonyl (C=O) groups excluding carboxylic acids is 1. The summed E-state index contributed by atoms with van der Waals surface area (Å²) in [5.74, 6) is 0.366. The largest absolute Gasteiger partial charge is 0.455 e. The molecule has 192 valence electrons. The Kier molecular flexibility index (Phi) is 6.93. The molecular formula is C30H31FN2O4. The minimum absolute atomic E-state index is 0.139. The summed E-state index contributed by atoms with van der Waals surface area (Å²) in [6.07, 6.45) is 1.70. The number of nitrogens with zero attached hydrogens (tertiary/aromatic N) is 1. The number of benzene rings is 3. The highest BCUT2D eigenvalue weighted by atomic mass is 19.1. The van der Waals surface area contributed by atoms with E-state index in [9.17, 15) is 19.1 Å². The zero-order chi connectivity index (χ0) is 27.1. The number of carbonyl (C=O) groups is 1. The fraction of sp³-hybridized carbons (Fsp3) is 0.267. The maximum absolute atomic E-state index is 13.9. The van der Waals surface area contributed by atoms with Gasteiger partial charge in [-0.2, -0.15) is 0 Å². The van der Waals surface area contributed by atoms with Crippen molar-refractivity contribution in [3.63, 3.8) is 0 Å². The highest BCUT2D eigenvalue weighted by molar-refractivity contribution is 5.98. The van der Waals surface area contributed by atoms with Gasteiger partial charge in [-0.25, -0.2) is 4.39 Å². The summed E-state index contributed by atoms with van der Waals surface area (Å²) in [6.45, 7) is 10.9. The van der Waals surface area contributed by atoms with Crippen molar-refractivity contribution in [3.8, 4) is 17.2 Å². The van der Waals surface area contributed by atoms with Crippen molar-refractivity contribution < 1.29 is 19.0 Å².